The Morgan fingerprint density at radius 1 is 0.926 bits per heavy atom. The maximum Gasteiger partial charge on any atom is -0.0253 e. The molecule has 0 nitrogen and oxygen atoms in total. The fourth-order valence-corrected chi connectivity index (χ4v) is 3.82. The van der Waals surface area contributed by atoms with E-state index in [1.165, 1.54) is 50.9 Å². The van der Waals surface area contributed by atoms with Crippen LogP contribution in [0.5, 0.6) is 0 Å². The second kappa shape index (κ2) is 10.2. The van der Waals surface area contributed by atoms with Gasteiger partial charge >= 0.3 is 29.7 Å². The molecular formula is C24H26F2Zr. The molecule has 0 heterocycles. The molecule has 3 aromatic rings. The van der Waals surface area contributed by atoms with Gasteiger partial charge in [0, 0.05) is 0 Å². The second-order valence-corrected chi connectivity index (χ2v) is 7.15. The summed E-state index contributed by atoms with van der Waals surface area (Å²) in [6.45, 7) is 11.1. The minimum absolute atomic E-state index is 1.05. The van der Waals surface area contributed by atoms with Crippen LogP contribution >= 0.6 is 0 Å². The molecule has 27 heavy (non-hydrogen) atoms. The van der Waals surface area contributed by atoms with Crippen LogP contribution in [0.2, 0.25) is 0 Å². The summed E-state index contributed by atoms with van der Waals surface area (Å²) in [6, 6.07) is 18.1. The van der Waals surface area contributed by atoms with E-state index < -0.39 is 24.5 Å². The number of fused-ring (bicyclic) bond motifs is 3. The molecule has 3 aromatic carbocycles. The van der Waals surface area contributed by atoms with Crippen molar-refractivity contribution >= 4 is 0 Å². The third-order valence-corrected chi connectivity index (χ3v) is 5.56. The average Bonchev–Trinajstić information content (AvgIpc) is 3.14. The average molecular weight is 444 g/mol. The Morgan fingerprint density at radius 3 is 2.04 bits per heavy atom. The van der Waals surface area contributed by atoms with Crippen molar-refractivity contribution in [2.45, 2.75) is 47.5 Å². The maximum absolute atomic E-state index is 9.80. The molecule has 0 aliphatic heterocycles. The molecule has 0 spiro atoms. The van der Waals surface area contributed by atoms with Gasteiger partial charge in [0.2, 0.25) is 0 Å². The zero-order valence-corrected chi connectivity index (χ0v) is 19.2. The van der Waals surface area contributed by atoms with Crippen molar-refractivity contribution in [3.05, 3.63) is 87.5 Å². The van der Waals surface area contributed by atoms with Gasteiger partial charge in [0.25, 0.3) is 0 Å². The van der Waals surface area contributed by atoms with E-state index in [2.05, 4.69) is 77.1 Å². The van der Waals surface area contributed by atoms with Gasteiger partial charge in [0.05, 0.1) is 0 Å². The molecular weight excluding hydrogens is 417 g/mol. The van der Waals surface area contributed by atoms with E-state index in [0.29, 0.717) is 0 Å². The van der Waals surface area contributed by atoms with Crippen molar-refractivity contribution in [3.63, 3.8) is 0 Å². The van der Waals surface area contributed by atoms with Crippen molar-refractivity contribution in [1.29, 1.82) is 0 Å². The van der Waals surface area contributed by atoms with E-state index in [9.17, 15) is 5.25 Å². The molecule has 0 aromatic heterocycles. The predicted octanol–water partition coefficient (Wildman–Crippen LogP) is 7.10. The van der Waals surface area contributed by atoms with Gasteiger partial charge in [-0.2, -0.15) is 57.6 Å². The zero-order chi connectivity index (χ0) is 20.0. The molecule has 4 rings (SSSR count). The van der Waals surface area contributed by atoms with Crippen LogP contribution < -0.4 is 0 Å². The number of hydrogen-bond donors (Lipinski definition) is 0. The standard InChI is InChI=1S/C13H9.C11H17.2FH.Zr/c1-3-7-12-10(5-1)9-11-6-2-4-8-13(11)12;1-6-11-9(4)7(2)8(3)10(11)5;;;/h1-5,7-8H,9H2;6H2,1-5H3;2*1H;/q2*-1;;;+4/p-2. The first-order valence-corrected chi connectivity index (χ1v) is 11.1. The van der Waals surface area contributed by atoms with Crippen LogP contribution in [0.4, 0.5) is 5.25 Å². The molecule has 0 radical (unpaired) electrons. The summed E-state index contributed by atoms with van der Waals surface area (Å²) in [5.41, 5.74) is 13.0. The summed E-state index contributed by atoms with van der Waals surface area (Å²) in [5.74, 6) is 0. The first kappa shape index (κ1) is 21.8. The normalized spacial score (nSPS) is 10.6. The summed E-state index contributed by atoms with van der Waals surface area (Å²) in [4.78, 5) is 0. The van der Waals surface area contributed by atoms with E-state index in [-0.39, 0.29) is 0 Å². The third kappa shape index (κ3) is 4.88. The summed E-state index contributed by atoms with van der Waals surface area (Å²) in [6.07, 6.45) is 2.22. The second-order valence-electron chi connectivity index (χ2n) is 6.80. The third-order valence-electron chi connectivity index (χ3n) is 5.56. The Labute approximate surface area is 175 Å². The van der Waals surface area contributed by atoms with E-state index in [4.69, 9.17) is 0 Å². The largest absolute Gasteiger partial charge is 0.179 e. The molecule has 0 atom stereocenters. The van der Waals surface area contributed by atoms with Crippen LogP contribution in [0.1, 0.15) is 45.9 Å². The van der Waals surface area contributed by atoms with Crippen molar-refractivity contribution in [2.24, 2.45) is 0 Å². The first-order valence-electron chi connectivity index (χ1n) is 9.22. The smallest absolute Gasteiger partial charge is 0.0253 e. The van der Waals surface area contributed by atoms with Gasteiger partial charge in [-0.05, 0) is 6.42 Å². The Balaban J connectivity index is 0.000000172. The van der Waals surface area contributed by atoms with E-state index in [0.717, 1.165) is 6.42 Å². The summed E-state index contributed by atoms with van der Waals surface area (Å²) >= 11 is -2.77. The molecule has 1 aliphatic rings. The minimum atomic E-state index is -2.77. The van der Waals surface area contributed by atoms with E-state index in [1.807, 2.05) is 6.07 Å². The topological polar surface area (TPSA) is 0 Å². The predicted molar refractivity (Wildman–Crippen MR) is 106 cm³/mol. The fourth-order valence-electron chi connectivity index (χ4n) is 3.82. The first-order chi connectivity index (χ1) is 13.0. The van der Waals surface area contributed by atoms with Gasteiger partial charge in [-0.25, -0.2) is 0 Å². The van der Waals surface area contributed by atoms with Crippen molar-refractivity contribution in [2.75, 3.05) is 0 Å². The Kier molecular flexibility index (Phi) is 8.23. The zero-order valence-electron chi connectivity index (χ0n) is 16.7. The molecule has 140 valence electrons. The van der Waals surface area contributed by atoms with E-state index >= 15 is 0 Å². The Bertz CT molecular complexity index is 824. The maximum atomic E-state index is 9.80. The van der Waals surface area contributed by atoms with E-state index in [1.54, 1.807) is 5.56 Å². The van der Waals surface area contributed by atoms with Crippen molar-refractivity contribution in [3.8, 4) is 11.1 Å². The molecule has 0 fully saturated rings. The molecule has 3 heteroatoms. The molecule has 0 saturated heterocycles. The summed E-state index contributed by atoms with van der Waals surface area (Å²) < 4.78 is 19.6. The number of rotatable bonds is 1. The molecule has 0 bridgehead atoms. The van der Waals surface area contributed by atoms with Crippen LogP contribution in [-0.2, 0) is 37.3 Å². The van der Waals surface area contributed by atoms with Crippen LogP contribution in [0.15, 0.2) is 42.5 Å². The van der Waals surface area contributed by atoms with Crippen molar-refractivity contribution < 1.29 is 29.7 Å². The fraction of sp³-hybridized carbons (Fsp3) is 0.292. The SMILES string of the molecule is CC[c-]1c(C)c(C)c(C)c1C.[F][Zr+2][F].[c-]1cccc2c1Cc1ccccc1-2. The molecule has 0 amide bonds. The molecule has 0 N–H and O–H groups in total. The Morgan fingerprint density at radius 2 is 1.48 bits per heavy atom. The van der Waals surface area contributed by atoms with Gasteiger partial charge in [-0.3, -0.25) is 0 Å². The Hall–Kier alpha value is -1.47. The van der Waals surface area contributed by atoms with Crippen LogP contribution in [0, 0.1) is 33.8 Å². The number of benzene rings is 2. The van der Waals surface area contributed by atoms with Crippen LogP contribution in [0.3, 0.4) is 0 Å². The van der Waals surface area contributed by atoms with Gasteiger partial charge in [-0.1, -0.05) is 76.4 Å². The quantitative estimate of drug-likeness (QED) is 0.275. The minimum Gasteiger partial charge on any atom is -0.179 e. The van der Waals surface area contributed by atoms with Gasteiger partial charge in [-0.15, -0.1) is 5.56 Å². The van der Waals surface area contributed by atoms with Crippen LogP contribution in [0.25, 0.3) is 11.1 Å². The number of halogens is 2. The van der Waals surface area contributed by atoms with Crippen molar-refractivity contribution in [1.82, 2.24) is 0 Å². The molecule has 0 unspecified atom stereocenters. The summed E-state index contributed by atoms with van der Waals surface area (Å²) in [5, 5.41) is 0. The van der Waals surface area contributed by atoms with Gasteiger partial charge in [0.15, 0.2) is 0 Å². The molecule has 1 aliphatic carbocycles. The monoisotopic (exact) mass is 442 g/mol. The summed E-state index contributed by atoms with van der Waals surface area (Å²) in [7, 11) is 0. The van der Waals surface area contributed by atoms with Gasteiger partial charge < -0.3 is 0 Å². The van der Waals surface area contributed by atoms with Crippen LogP contribution in [-0.4, -0.2) is 0 Å². The number of hydrogen-bond acceptors (Lipinski definition) is 0. The molecule has 0 saturated carbocycles. The van der Waals surface area contributed by atoms with Gasteiger partial charge in [0.1, 0.15) is 0 Å².